The zero-order chi connectivity index (χ0) is 19.2. The van der Waals surface area contributed by atoms with Gasteiger partial charge in [0.2, 0.25) is 5.91 Å². The van der Waals surface area contributed by atoms with Crippen LogP contribution in [0.15, 0.2) is 24.3 Å². The summed E-state index contributed by atoms with van der Waals surface area (Å²) in [7, 11) is 1.66. The van der Waals surface area contributed by atoms with Crippen molar-refractivity contribution in [2.75, 3.05) is 32.1 Å². The van der Waals surface area contributed by atoms with Crippen LogP contribution in [0, 0.1) is 5.92 Å². The van der Waals surface area contributed by atoms with Gasteiger partial charge in [0.1, 0.15) is 5.75 Å². The lowest BCUT2D eigenvalue weighted by atomic mass is 9.86. The van der Waals surface area contributed by atoms with Gasteiger partial charge in [0.15, 0.2) is 5.11 Å². The Balaban J connectivity index is 1.49. The van der Waals surface area contributed by atoms with Crippen LogP contribution in [0.1, 0.15) is 45.4 Å². The lowest BCUT2D eigenvalue weighted by Crippen LogP contribution is -2.56. The second-order valence-corrected chi connectivity index (χ2v) is 8.14. The Labute approximate surface area is 168 Å². The minimum atomic E-state index is 0.215. The summed E-state index contributed by atoms with van der Waals surface area (Å²) >= 11 is 5.61. The third kappa shape index (κ3) is 5.34. The maximum absolute atomic E-state index is 12.7. The fourth-order valence-electron chi connectivity index (χ4n) is 4.12. The standard InChI is InChI=1S/C21H31N3O2S/c1-16-15-23(20(25)14-17-6-4-3-5-7-17)12-13-24(16)21(27)22-18-8-10-19(26-2)11-9-18/h8-11,16-17H,3-7,12-15H2,1-2H3,(H,22,27). The number of anilines is 1. The van der Waals surface area contributed by atoms with Gasteiger partial charge in [-0.2, -0.15) is 0 Å². The van der Waals surface area contributed by atoms with E-state index in [4.69, 9.17) is 17.0 Å². The molecule has 0 aromatic heterocycles. The third-order valence-electron chi connectivity index (χ3n) is 5.77. The summed E-state index contributed by atoms with van der Waals surface area (Å²) in [5.74, 6) is 1.74. The Morgan fingerprint density at radius 1 is 1.19 bits per heavy atom. The Bertz CT molecular complexity index is 643. The Kier molecular flexibility index (Phi) is 6.94. The molecule has 3 rings (SSSR count). The number of ether oxygens (including phenoxy) is 1. The van der Waals surface area contributed by atoms with Gasteiger partial charge in [-0.25, -0.2) is 0 Å². The van der Waals surface area contributed by atoms with E-state index in [1.807, 2.05) is 29.2 Å². The zero-order valence-corrected chi connectivity index (χ0v) is 17.3. The van der Waals surface area contributed by atoms with E-state index in [1.54, 1.807) is 7.11 Å². The SMILES string of the molecule is COc1ccc(NC(=S)N2CCN(C(=O)CC3CCCCC3)CC2C)cc1. The van der Waals surface area contributed by atoms with E-state index in [-0.39, 0.29) is 6.04 Å². The van der Waals surface area contributed by atoms with Gasteiger partial charge in [-0.3, -0.25) is 4.79 Å². The Hall–Kier alpha value is -1.82. The summed E-state index contributed by atoms with van der Waals surface area (Å²) in [6.45, 7) is 4.41. The lowest BCUT2D eigenvalue weighted by Gasteiger charge is -2.41. The molecule has 6 heteroatoms. The summed E-state index contributed by atoms with van der Waals surface area (Å²) in [5, 5.41) is 4.02. The lowest BCUT2D eigenvalue weighted by molar-refractivity contribution is -0.134. The number of carbonyl (C=O) groups is 1. The fraction of sp³-hybridized carbons (Fsp3) is 0.619. The van der Waals surface area contributed by atoms with Gasteiger partial charge in [-0.1, -0.05) is 19.3 Å². The molecule has 1 N–H and O–H groups in total. The number of nitrogens with zero attached hydrogens (tertiary/aromatic N) is 2. The highest BCUT2D eigenvalue weighted by molar-refractivity contribution is 7.80. The smallest absolute Gasteiger partial charge is 0.222 e. The molecule has 2 fully saturated rings. The van der Waals surface area contributed by atoms with E-state index >= 15 is 0 Å². The fourth-order valence-corrected chi connectivity index (χ4v) is 4.51. The van der Waals surface area contributed by atoms with Crippen molar-refractivity contribution in [1.82, 2.24) is 9.80 Å². The molecule has 0 spiro atoms. The molecule has 1 saturated heterocycles. The van der Waals surface area contributed by atoms with E-state index < -0.39 is 0 Å². The van der Waals surface area contributed by atoms with E-state index in [1.165, 1.54) is 32.1 Å². The van der Waals surface area contributed by atoms with Gasteiger partial charge < -0.3 is 19.9 Å². The minimum Gasteiger partial charge on any atom is -0.497 e. The van der Waals surface area contributed by atoms with Gasteiger partial charge in [0.25, 0.3) is 0 Å². The van der Waals surface area contributed by atoms with Crippen molar-refractivity contribution in [2.24, 2.45) is 5.92 Å². The molecule has 2 aliphatic rings. The quantitative estimate of drug-likeness (QED) is 0.792. The summed E-state index contributed by atoms with van der Waals surface area (Å²) in [5.41, 5.74) is 0.948. The van der Waals surface area contributed by atoms with Gasteiger partial charge in [-0.05, 0) is 62.2 Å². The second-order valence-electron chi connectivity index (χ2n) is 7.75. The summed E-state index contributed by atoms with van der Waals surface area (Å²) in [6, 6.07) is 7.96. The summed E-state index contributed by atoms with van der Waals surface area (Å²) in [4.78, 5) is 16.9. The van der Waals surface area contributed by atoms with Crippen molar-refractivity contribution < 1.29 is 9.53 Å². The number of thiocarbonyl (C=S) groups is 1. The summed E-state index contributed by atoms with van der Waals surface area (Å²) in [6.07, 6.45) is 7.06. The average Bonchev–Trinajstić information content (AvgIpc) is 2.69. The molecule has 1 aromatic rings. The van der Waals surface area contributed by atoms with Crippen LogP contribution in [0.5, 0.6) is 5.75 Å². The van der Waals surface area contributed by atoms with Crippen LogP contribution in [0.4, 0.5) is 5.69 Å². The van der Waals surface area contributed by atoms with Crippen LogP contribution in [0.2, 0.25) is 0 Å². The monoisotopic (exact) mass is 389 g/mol. The van der Waals surface area contributed by atoms with Crippen LogP contribution in [0.25, 0.3) is 0 Å². The molecule has 1 aliphatic carbocycles. The molecule has 1 aliphatic heterocycles. The highest BCUT2D eigenvalue weighted by Crippen LogP contribution is 2.27. The molecule has 148 valence electrons. The minimum absolute atomic E-state index is 0.215. The number of hydrogen-bond acceptors (Lipinski definition) is 3. The van der Waals surface area contributed by atoms with Crippen molar-refractivity contribution >= 4 is 28.9 Å². The Morgan fingerprint density at radius 3 is 2.52 bits per heavy atom. The molecular formula is C21H31N3O2S. The first-order chi connectivity index (χ1) is 13.1. The molecule has 27 heavy (non-hydrogen) atoms. The number of rotatable bonds is 4. The van der Waals surface area contributed by atoms with Crippen LogP contribution in [0.3, 0.4) is 0 Å². The summed E-state index contributed by atoms with van der Waals surface area (Å²) < 4.78 is 5.19. The zero-order valence-electron chi connectivity index (χ0n) is 16.4. The molecule has 0 bridgehead atoms. The van der Waals surface area contributed by atoms with Crippen LogP contribution in [-0.4, -0.2) is 53.6 Å². The highest BCUT2D eigenvalue weighted by Gasteiger charge is 2.29. The molecule has 0 radical (unpaired) electrons. The maximum Gasteiger partial charge on any atom is 0.222 e. The first-order valence-electron chi connectivity index (χ1n) is 10.1. The van der Waals surface area contributed by atoms with Crippen molar-refractivity contribution in [3.8, 4) is 5.75 Å². The van der Waals surface area contributed by atoms with Crippen molar-refractivity contribution in [3.05, 3.63) is 24.3 Å². The van der Waals surface area contributed by atoms with Crippen molar-refractivity contribution in [3.63, 3.8) is 0 Å². The first kappa shape index (κ1) is 19.9. The third-order valence-corrected chi connectivity index (χ3v) is 6.11. The van der Waals surface area contributed by atoms with E-state index in [2.05, 4.69) is 17.1 Å². The number of amides is 1. The molecule has 1 aromatic carbocycles. The van der Waals surface area contributed by atoms with Crippen molar-refractivity contribution in [2.45, 2.75) is 51.5 Å². The molecule has 1 saturated carbocycles. The van der Waals surface area contributed by atoms with E-state index in [0.29, 0.717) is 16.9 Å². The normalized spacial score (nSPS) is 21.0. The van der Waals surface area contributed by atoms with Gasteiger partial charge in [0.05, 0.1) is 7.11 Å². The van der Waals surface area contributed by atoms with E-state index in [9.17, 15) is 4.79 Å². The first-order valence-corrected chi connectivity index (χ1v) is 10.5. The van der Waals surface area contributed by atoms with Gasteiger partial charge in [-0.15, -0.1) is 0 Å². The molecule has 1 heterocycles. The number of benzene rings is 1. The topological polar surface area (TPSA) is 44.8 Å². The highest BCUT2D eigenvalue weighted by atomic mass is 32.1. The average molecular weight is 390 g/mol. The van der Waals surface area contributed by atoms with E-state index in [0.717, 1.165) is 37.5 Å². The largest absolute Gasteiger partial charge is 0.497 e. The molecule has 5 nitrogen and oxygen atoms in total. The van der Waals surface area contributed by atoms with Crippen LogP contribution >= 0.6 is 12.2 Å². The number of piperazine rings is 1. The van der Waals surface area contributed by atoms with Crippen LogP contribution < -0.4 is 10.1 Å². The molecular weight excluding hydrogens is 358 g/mol. The van der Waals surface area contributed by atoms with Crippen molar-refractivity contribution in [1.29, 1.82) is 0 Å². The van der Waals surface area contributed by atoms with Crippen LogP contribution in [-0.2, 0) is 4.79 Å². The Morgan fingerprint density at radius 2 is 1.89 bits per heavy atom. The second kappa shape index (κ2) is 9.40. The van der Waals surface area contributed by atoms with Gasteiger partial charge in [0, 0.05) is 37.8 Å². The number of hydrogen-bond donors (Lipinski definition) is 1. The molecule has 1 amide bonds. The predicted octanol–water partition coefficient (Wildman–Crippen LogP) is 3.90. The molecule has 1 unspecified atom stereocenters. The van der Waals surface area contributed by atoms with Gasteiger partial charge >= 0.3 is 0 Å². The number of carbonyl (C=O) groups excluding carboxylic acids is 1. The predicted molar refractivity (Wildman–Crippen MR) is 113 cm³/mol. The maximum atomic E-state index is 12.7. The number of nitrogens with one attached hydrogen (secondary N) is 1. The molecule has 1 atom stereocenters. The number of methoxy groups -OCH3 is 1.